The average Bonchev–Trinajstić information content (AvgIpc) is 2.98. The number of rotatable bonds is 2. The van der Waals surface area contributed by atoms with Gasteiger partial charge in [-0.15, -0.1) is 12.4 Å². The van der Waals surface area contributed by atoms with Crippen LogP contribution in [0, 0.1) is 18.3 Å². The molecule has 1 saturated heterocycles. The highest BCUT2D eigenvalue weighted by molar-refractivity contribution is 5.96. The van der Waals surface area contributed by atoms with Gasteiger partial charge in [0.1, 0.15) is 0 Å². The molecule has 1 aromatic heterocycles. The first-order chi connectivity index (χ1) is 9.13. The number of amides is 1. The number of nitrogens with one attached hydrogen (secondary N) is 2. The van der Waals surface area contributed by atoms with Crippen molar-refractivity contribution in [3.05, 3.63) is 11.9 Å². The summed E-state index contributed by atoms with van der Waals surface area (Å²) in [4.78, 5) is 12.7. The largest absolute Gasteiger partial charge is 0.323 e. The molecular weight excluding hydrogens is 276 g/mol. The maximum atomic E-state index is 12.7. The Labute approximate surface area is 125 Å². The first kappa shape index (κ1) is 15.3. The van der Waals surface area contributed by atoms with Crippen molar-refractivity contribution < 1.29 is 4.79 Å². The second-order valence-electron chi connectivity index (χ2n) is 5.95. The molecule has 0 bridgehead atoms. The Morgan fingerprint density at radius 3 is 3.05 bits per heavy atom. The summed E-state index contributed by atoms with van der Waals surface area (Å²) in [6.45, 7) is 3.79. The number of aromatic nitrogens is 2. The fourth-order valence-corrected chi connectivity index (χ4v) is 3.56. The molecule has 1 amide bonds. The molecule has 0 unspecified atom stereocenters. The smallest absolute Gasteiger partial charge is 0.232 e. The highest BCUT2D eigenvalue weighted by Gasteiger charge is 2.49. The molecule has 1 aromatic rings. The van der Waals surface area contributed by atoms with E-state index in [4.69, 9.17) is 0 Å². The first-order valence-electron chi connectivity index (χ1n) is 7.14. The molecule has 1 aliphatic heterocycles. The van der Waals surface area contributed by atoms with Gasteiger partial charge in [0.15, 0.2) is 0 Å². The summed E-state index contributed by atoms with van der Waals surface area (Å²) in [6, 6.07) is 0. The van der Waals surface area contributed by atoms with Crippen LogP contribution in [-0.4, -0.2) is 28.8 Å². The van der Waals surface area contributed by atoms with Crippen LogP contribution in [0.15, 0.2) is 6.20 Å². The second kappa shape index (κ2) is 5.74. The van der Waals surface area contributed by atoms with Gasteiger partial charge in [-0.1, -0.05) is 12.8 Å². The summed E-state index contributed by atoms with van der Waals surface area (Å²) in [5, 5.41) is 10.7. The Kier molecular flexibility index (Phi) is 4.39. The summed E-state index contributed by atoms with van der Waals surface area (Å²) < 4.78 is 1.79. The van der Waals surface area contributed by atoms with Gasteiger partial charge in [0.2, 0.25) is 5.91 Å². The zero-order valence-corrected chi connectivity index (χ0v) is 12.9. The van der Waals surface area contributed by atoms with Crippen LogP contribution < -0.4 is 10.6 Å². The SMILES string of the molecule is Cc1c(NC(=O)[C@@]23CCCC[C@H]2CNC3)cnn1C.Cl. The summed E-state index contributed by atoms with van der Waals surface area (Å²) in [7, 11) is 1.89. The molecule has 2 N–H and O–H groups in total. The van der Waals surface area contributed by atoms with E-state index >= 15 is 0 Å². The Morgan fingerprint density at radius 2 is 2.35 bits per heavy atom. The van der Waals surface area contributed by atoms with Gasteiger partial charge < -0.3 is 10.6 Å². The van der Waals surface area contributed by atoms with E-state index in [0.29, 0.717) is 5.92 Å². The first-order valence-corrected chi connectivity index (χ1v) is 7.14. The van der Waals surface area contributed by atoms with E-state index in [1.807, 2.05) is 14.0 Å². The van der Waals surface area contributed by atoms with E-state index in [2.05, 4.69) is 15.7 Å². The zero-order valence-electron chi connectivity index (χ0n) is 12.1. The molecule has 112 valence electrons. The minimum absolute atomic E-state index is 0. The molecule has 3 rings (SSSR count). The third kappa shape index (κ3) is 2.33. The van der Waals surface area contributed by atoms with E-state index in [1.54, 1.807) is 10.9 Å². The highest BCUT2D eigenvalue weighted by Crippen LogP contribution is 2.44. The predicted molar refractivity (Wildman–Crippen MR) is 81.1 cm³/mol. The van der Waals surface area contributed by atoms with Crippen molar-refractivity contribution in [2.45, 2.75) is 32.6 Å². The molecule has 1 saturated carbocycles. The Balaban J connectivity index is 0.00000147. The molecule has 2 heterocycles. The molecule has 0 spiro atoms. The van der Waals surface area contributed by atoms with Crippen LogP contribution in [-0.2, 0) is 11.8 Å². The van der Waals surface area contributed by atoms with Crippen molar-refractivity contribution in [3.8, 4) is 0 Å². The molecule has 6 heteroatoms. The maximum Gasteiger partial charge on any atom is 0.232 e. The zero-order chi connectivity index (χ0) is 13.5. The molecule has 20 heavy (non-hydrogen) atoms. The lowest BCUT2D eigenvalue weighted by Crippen LogP contribution is -2.44. The predicted octanol–water partition coefficient (Wildman–Crippen LogP) is 1.87. The van der Waals surface area contributed by atoms with Crippen molar-refractivity contribution in [1.82, 2.24) is 15.1 Å². The van der Waals surface area contributed by atoms with Crippen molar-refractivity contribution in [1.29, 1.82) is 0 Å². The summed E-state index contributed by atoms with van der Waals surface area (Å²) >= 11 is 0. The topological polar surface area (TPSA) is 59.0 Å². The third-order valence-electron chi connectivity index (χ3n) is 4.97. The van der Waals surface area contributed by atoms with E-state index in [1.165, 1.54) is 12.8 Å². The van der Waals surface area contributed by atoms with Crippen LogP contribution in [0.2, 0.25) is 0 Å². The molecule has 0 aromatic carbocycles. The van der Waals surface area contributed by atoms with Gasteiger partial charge in [0.25, 0.3) is 0 Å². The molecule has 2 aliphatic rings. The van der Waals surface area contributed by atoms with Gasteiger partial charge in [-0.2, -0.15) is 5.10 Å². The van der Waals surface area contributed by atoms with E-state index in [9.17, 15) is 4.79 Å². The van der Waals surface area contributed by atoms with Crippen molar-refractivity contribution >= 4 is 24.0 Å². The number of aryl methyl sites for hydroxylation is 1. The highest BCUT2D eigenvalue weighted by atomic mass is 35.5. The number of nitrogens with zero attached hydrogens (tertiary/aromatic N) is 2. The monoisotopic (exact) mass is 298 g/mol. The van der Waals surface area contributed by atoms with Crippen LogP contribution in [0.4, 0.5) is 5.69 Å². The Bertz CT molecular complexity index is 501. The van der Waals surface area contributed by atoms with Crippen LogP contribution in [0.5, 0.6) is 0 Å². The van der Waals surface area contributed by atoms with Gasteiger partial charge in [-0.3, -0.25) is 9.48 Å². The lowest BCUT2D eigenvalue weighted by Gasteiger charge is -2.37. The number of anilines is 1. The fraction of sp³-hybridized carbons (Fsp3) is 0.714. The lowest BCUT2D eigenvalue weighted by atomic mass is 9.67. The number of hydrogen-bond acceptors (Lipinski definition) is 3. The molecule has 5 nitrogen and oxygen atoms in total. The standard InChI is InChI=1S/C14H22N4O.ClH/c1-10-12(8-16-18(10)2)17-13(19)14-6-4-3-5-11(14)7-15-9-14;/h8,11,15H,3-7,9H2,1-2H3,(H,17,19);1H/t11-,14+;/m0./s1. The van der Waals surface area contributed by atoms with Gasteiger partial charge in [-0.25, -0.2) is 0 Å². The quantitative estimate of drug-likeness (QED) is 0.876. The normalized spacial score (nSPS) is 28.6. The molecule has 1 aliphatic carbocycles. The van der Waals surface area contributed by atoms with Crippen molar-refractivity contribution in [2.24, 2.45) is 18.4 Å². The third-order valence-corrected chi connectivity index (χ3v) is 4.97. The van der Waals surface area contributed by atoms with Gasteiger partial charge in [0.05, 0.1) is 23.0 Å². The molecule has 2 atom stereocenters. The Morgan fingerprint density at radius 1 is 1.55 bits per heavy atom. The lowest BCUT2D eigenvalue weighted by molar-refractivity contribution is -0.128. The van der Waals surface area contributed by atoms with E-state index < -0.39 is 0 Å². The average molecular weight is 299 g/mol. The van der Waals surface area contributed by atoms with Crippen molar-refractivity contribution in [3.63, 3.8) is 0 Å². The number of fused-ring (bicyclic) bond motifs is 1. The summed E-state index contributed by atoms with van der Waals surface area (Å²) in [5.41, 5.74) is 1.65. The minimum atomic E-state index is -0.194. The second-order valence-corrected chi connectivity index (χ2v) is 5.95. The molecule has 2 fully saturated rings. The van der Waals surface area contributed by atoms with Crippen LogP contribution in [0.25, 0.3) is 0 Å². The number of hydrogen-bond donors (Lipinski definition) is 2. The van der Waals surface area contributed by atoms with Crippen LogP contribution in [0.1, 0.15) is 31.4 Å². The van der Waals surface area contributed by atoms with Crippen molar-refractivity contribution in [2.75, 3.05) is 18.4 Å². The summed E-state index contributed by atoms with van der Waals surface area (Å²) in [6.07, 6.45) is 6.34. The maximum absolute atomic E-state index is 12.7. The molecular formula is C14H23ClN4O. The van der Waals surface area contributed by atoms with Crippen LogP contribution >= 0.6 is 12.4 Å². The van der Waals surface area contributed by atoms with E-state index in [-0.39, 0.29) is 23.7 Å². The number of carbonyl (C=O) groups excluding carboxylic acids is 1. The molecule has 0 radical (unpaired) electrons. The van der Waals surface area contributed by atoms with Gasteiger partial charge in [0, 0.05) is 13.6 Å². The number of carbonyl (C=O) groups is 1. The van der Waals surface area contributed by atoms with Gasteiger partial charge >= 0.3 is 0 Å². The van der Waals surface area contributed by atoms with Crippen LogP contribution in [0.3, 0.4) is 0 Å². The summed E-state index contributed by atoms with van der Waals surface area (Å²) in [5.74, 6) is 0.677. The van der Waals surface area contributed by atoms with Gasteiger partial charge in [-0.05, 0) is 32.2 Å². The minimum Gasteiger partial charge on any atom is -0.323 e. The fourth-order valence-electron chi connectivity index (χ4n) is 3.56. The Hall–Kier alpha value is -1.07. The van der Waals surface area contributed by atoms with E-state index in [0.717, 1.165) is 37.3 Å². The number of halogens is 1.